The van der Waals surface area contributed by atoms with E-state index in [0.717, 1.165) is 0 Å². The summed E-state index contributed by atoms with van der Waals surface area (Å²) in [7, 11) is -3.41. The van der Waals surface area contributed by atoms with Crippen LogP contribution in [0.2, 0.25) is 0 Å². The summed E-state index contributed by atoms with van der Waals surface area (Å²) in [6, 6.07) is 0.278. The molecule has 0 spiro atoms. The van der Waals surface area contributed by atoms with E-state index in [1.165, 1.54) is 0 Å². The van der Waals surface area contributed by atoms with E-state index in [0.29, 0.717) is 25.4 Å². The van der Waals surface area contributed by atoms with E-state index in [-0.39, 0.29) is 17.3 Å². The lowest BCUT2D eigenvalue weighted by Gasteiger charge is -2.18. The van der Waals surface area contributed by atoms with Crippen LogP contribution in [-0.2, 0) is 16.6 Å². The van der Waals surface area contributed by atoms with Crippen LogP contribution in [0.15, 0.2) is 4.42 Å². The Hall–Kier alpha value is -1.19. The minimum Gasteiger partial charge on any atom is -0.407 e. The molecule has 0 atom stereocenters. The van der Waals surface area contributed by atoms with Crippen LogP contribution in [-0.4, -0.2) is 36.5 Å². The maximum absolute atomic E-state index is 10.7. The number of nitrogens with zero attached hydrogens (tertiary/aromatic N) is 2. The molecule has 0 amide bonds. The summed E-state index contributed by atoms with van der Waals surface area (Å²) < 4.78 is 26.8. The van der Waals surface area contributed by atoms with Crippen molar-refractivity contribution in [1.82, 2.24) is 15.5 Å². The summed E-state index contributed by atoms with van der Waals surface area (Å²) in [6.45, 7) is 7.00. The second-order valence-corrected chi connectivity index (χ2v) is 6.99. The third-order valence-electron chi connectivity index (χ3n) is 2.12. The lowest BCUT2D eigenvalue weighted by molar-refractivity contribution is 0.383. The van der Waals surface area contributed by atoms with Gasteiger partial charge in [0, 0.05) is 12.1 Å². The predicted molar refractivity (Wildman–Crippen MR) is 72.0 cm³/mol. The van der Waals surface area contributed by atoms with Gasteiger partial charge in [-0.25, -0.2) is 13.6 Å². The third kappa shape index (κ3) is 7.75. The topological polar surface area (TPSA) is 123 Å². The van der Waals surface area contributed by atoms with Gasteiger partial charge < -0.3 is 15.1 Å². The quantitative estimate of drug-likeness (QED) is 0.606. The van der Waals surface area contributed by atoms with Gasteiger partial charge in [-0.05, 0) is 27.2 Å². The first-order valence-corrected chi connectivity index (χ1v) is 7.69. The Bertz CT molecular complexity index is 492. The van der Waals surface area contributed by atoms with Gasteiger partial charge in [0.15, 0.2) is 0 Å². The zero-order chi connectivity index (χ0) is 14.5. The van der Waals surface area contributed by atoms with E-state index in [9.17, 15) is 8.42 Å². The first kappa shape index (κ1) is 15.9. The van der Waals surface area contributed by atoms with E-state index in [1.807, 2.05) is 20.8 Å². The van der Waals surface area contributed by atoms with E-state index in [2.05, 4.69) is 20.8 Å². The van der Waals surface area contributed by atoms with Crippen LogP contribution in [0.25, 0.3) is 0 Å². The number of nitrogens with two attached hydrogens (primary N) is 1. The standard InChI is InChI=1S/C10H21N5O3S/c1-10(2,3)13-7-8-14-15-9(18-8)12-5-4-6-19(11,16)17/h13H,4-7H2,1-3H3,(H,12,15)(H2,11,16,17). The van der Waals surface area contributed by atoms with Crippen molar-refractivity contribution in [3.8, 4) is 0 Å². The SMILES string of the molecule is CC(C)(C)NCc1nnc(NCCCS(N)(=O)=O)o1. The van der Waals surface area contributed by atoms with Gasteiger partial charge in [0.2, 0.25) is 15.9 Å². The molecule has 110 valence electrons. The third-order valence-corrected chi connectivity index (χ3v) is 2.98. The Morgan fingerprint density at radius 2 is 2.00 bits per heavy atom. The lowest BCUT2D eigenvalue weighted by Crippen LogP contribution is -2.35. The van der Waals surface area contributed by atoms with E-state index >= 15 is 0 Å². The summed E-state index contributed by atoms with van der Waals surface area (Å²) in [5.74, 6) is 0.399. The molecule has 0 aromatic carbocycles. The van der Waals surface area contributed by atoms with Crippen molar-refractivity contribution in [2.24, 2.45) is 5.14 Å². The molecule has 1 aromatic heterocycles. The number of aromatic nitrogens is 2. The van der Waals surface area contributed by atoms with Gasteiger partial charge in [-0.2, -0.15) is 0 Å². The number of sulfonamides is 1. The second kappa shape index (κ2) is 6.31. The molecule has 9 heteroatoms. The van der Waals surface area contributed by atoms with Gasteiger partial charge in [-0.1, -0.05) is 5.10 Å². The summed E-state index contributed by atoms with van der Waals surface area (Å²) in [5.41, 5.74) is -0.0302. The molecule has 8 nitrogen and oxygen atoms in total. The van der Waals surface area contributed by atoms with Crippen LogP contribution in [0.5, 0.6) is 0 Å². The van der Waals surface area contributed by atoms with Gasteiger partial charge in [0.1, 0.15) is 0 Å². The van der Waals surface area contributed by atoms with Gasteiger partial charge >= 0.3 is 6.01 Å². The van der Waals surface area contributed by atoms with Gasteiger partial charge in [-0.3, -0.25) is 0 Å². The highest BCUT2D eigenvalue weighted by Crippen LogP contribution is 2.07. The monoisotopic (exact) mass is 291 g/mol. The minimum absolute atomic E-state index is 0.0302. The highest BCUT2D eigenvalue weighted by atomic mass is 32.2. The second-order valence-electron chi connectivity index (χ2n) is 5.25. The van der Waals surface area contributed by atoms with E-state index in [4.69, 9.17) is 9.56 Å². The maximum atomic E-state index is 10.7. The van der Waals surface area contributed by atoms with Crippen molar-refractivity contribution >= 4 is 16.0 Å². The smallest absolute Gasteiger partial charge is 0.315 e. The largest absolute Gasteiger partial charge is 0.407 e. The Labute approximate surface area is 113 Å². The molecule has 1 aromatic rings. The van der Waals surface area contributed by atoms with Crippen LogP contribution in [0.1, 0.15) is 33.1 Å². The minimum atomic E-state index is -3.41. The molecule has 0 radical (unpaired) electrons. The number of hydrogen-bond donors (Lipinski definition) is 3. The van der Waals surface area contributed by atoms with E-state index < -0.39 is 10.0 Å². The Morgan fingerprint density at radius 1 is 1.32 bits per heavy atom. The Morgan fingerprint density at radius 3 is 2.58 bits per heavy atom. The fraction of sp³-hybridized carbons (Fsp3) is 0.800. The lowest BCUT2D eigenvalue weighted by atomic mass is 10.1. The number of primary sulfonamides is 1. The molecule has 0 aliphatic rings. The normalized spacial score (nSPS) is 12.6. The summed E-state index contributed by atoms with van der Waals surface area (Å²) in [5, 5.41) is 18.6. The Balaban J connectivity index is 2.31. The molecule has 0 saturated heterocycles. The van der Waals surface area contributed by atoms with Crippen molar-refractivity contribution in [2.75, 3.05) is 17.6 Å². The molecule has 0 unspecified atom stereocenters. The average Bonchev–Trinajstić information content (AvgIpc) is 2.67. The van der Waals surface area contributed by atoms with E-state index in [1.54, 1.807) is 0 Å². The van der Waals surface area contributed by atoms with Crippen molar-refractivity contribution in [3.05, 3.63) is 5.89 Å². The number of hydrogen-bond acceptors (Lipinski definition) is 7. The van der Waals surface area contributed by atoms with Crippen LogP contribution in [0.3, 0.4) is 0 Å². The number of rotatable bonds is 7. The van der Waals surface area contributed by atoms with Crippen molar-refractivity contribution in [1.29, 1.82) is 0 Å². The molecule has 0 aliphatic heterocycles. The maximum Gasteiger partial charge on any atom is 0.315 e. The molecular weight excluding hydrogens is 270 g/mol. The van der Waals surface area contributed by atoms with Crippen molar-refractivity contribution in [3.63, 3.8) is 0 Å². The fourth-order valence-corrected chi connectivity index (χ4v) is 1.75. The van der Waals surface area contributed by atoms with Crippen LogP contribution in [0, 0.1) is 0 Å². The van der Waals surface area contributed by atoms with Crippen molar-refractivity contribution < 1.29 is 12.8 Å². The molecule has 19 heavy (non-hydrogen) atoms. The van der Waals surface area contributed by atoms with Crippen LogP contribution < -0.4 is 15.8 Å². The van der Waals surface area contributed by atoms with Crippen LogP contribution >= 0.6 is 0 Å². The highest BCUT2D eigenvalue weighted by molar-refractivity contribution is 7.89. The van der Waals surface area contributed by atoms with Gasteiger partial charge in [0.25, 0.3) is 0 Å². The summed E-state index contributed by atoms with van der Waals surface area (Å²) in [6.07, 6.45) is 0.386. The highest BCUT2D eigenvalue weighted by Gasteiger charge is 2.12. The molecule has 0 bridgehead atoms. The number of nitrogens with one attached hydrogen (secondary N) is 2. The zero-order valence-electron chi connectivity index (χ0n) is 11.4. The predicted octanol–water partition coefficient (Wildman–Crippen LogP) is 0.0482. The average molecular weight is 291 g/mol. The summed E-state index contributed by atoms with van der Waals surface area (Å²) >= 11 is 0. The zero-order valence-corrected chi connectivity index (χ0v) is 12.2. The molecule has 0 saturated carbocycles. The molecular formula is C10H21N5O3S. The molecule has 1 rings (SSSR count). The fourth-order valence-electron chi connectivity index (χ4n) is 1.21. The molecule has 0 aliphatic carbocycles. The van der Waals surface area contributed by atoms with Gasteiger partial charge in [0.05, 0.1) is 12.3 Å². The van der Waals surface area contributed by atoms with Crippen LogP contribution in [0.4, 0.5) is 6.01 Å². The van der Waals surface area contributed by atoms with Crippen molar-refractivity contribution in [2.45, 2.75) is 39.3 Å². The van der Waals surface area contributed by atoms with Gasteiger partial charge in [-0.15, -0.1) is 5.10 Å². The first-order valence-electron chi connectivity index (χ1n) is 5.97. The summed E-state index contributed by atoms with van der Waals surface area (Å²) in [4.78, 5) is 0. The Kier molecular flexibility index (Phi) is 5.27. The molecule has 1 heterocycles. The molecule has 4 N–H and O–H groups in total. The first-order chi connectivity index (χ1) is 8.66. The molecule has 0 fully saturated rings. The number of anilines is 1.